The van der Waals surface area contributed by atoms with Crippen LogP contribution >= 0.6 is 0 Å². The number of para-hydroxylation sites is 1. The number of esters is 1. The molecular weight excluding hydrogens is 352 g/mol. The van der Waals surface area contributed by atoms with E-state index in [1.54, 1.807) is 42.5 Å². The van der Waals surface area contributed by atoms with E-state index in [0.717, 1.165) is 4.90 Å². The lowest BCUT2D eigenvalue weighted by Crippen LogP contribution is -2.36. The minimum absolute atomic E-state index is 0.243. The monoisotopic (exact) mass is 368 g/mol. The molecule has 0 aliphatic carbocycles. The molecule has 2 aromatic rings. The number of amides is 2. The lowest BCUT2D eigenvalue weighted by molar-refractivity contribution is -0.146. The molecule has 1 heterocycles. The van der Waals surface area contributed by atoms with E-state index < -0.39 is 36.7 Å². The van der Waals surface area contributed by atoms with Crippen LogP contribution in [0.15, 0.2) is 48.5 Å². The molecule has 138 valence electrons. The van der Waals surface area contributed by atoms with Crippen molar-refractivity contribution in [3.05, 3.63) is 54.1 Å². The first-order chi connectivity index (χ1) is 13.0. The summed E-state index contributed by atoms with van der Waals surface area (Å²) in [6, 6.07) is 13.0. The van der Waals surface area contributed by atoms with Gasteiger partial charge >= 0.3 is 5.97 Å². The number of carbonyl (C=O) groups is 4. The van der Waals surface area contributed by atoms with Gasteiger partial charge in [-0.05, 0) is 36.4 Å². The van der Waals surface area contributed by atoms with Crippen LogP contribution in [-0.4, -0.2) is 43.8 Å². The second-order valence-corrected chi connectivity index (χ2v) is 5.67. The number of fused-ring (bicyclic) bond motifs is 1. The topological polar surface area (TPSA) is 102 Å². The molecule has 0 spiro atoms. The van der Waals surface area contributed by atoms with E-state index in [-0.39, 0.29) is 5.56 Å². The van der Waals surface area contributed by atoms with Gasteiger partial charge in [0.15, 0.2) is 6.61 Å². The minimum Gasteiger partial charge on any atom is -0.497 e. The smallest absolute Gasteiger partial charge is 0.326 e. The van der Waals surface area contributed by atoms with Gasteiger partial charge < -0.3 is 14.8 Å². The Kier molecular flexibility index (Phi) is 5.16. The molecule has 0 aromatic heterocycles. The summed E-state index contributed by atoms with van der Waals surface area (Å²) in [5.74, 6) is -2.15. The minimum atomic E-state index is -0.796. The molecule has 0 unspecified atom stereocenters. The zero-order chi connectivity index (χ0) is 19.4. The molecular formula is C19H16N2O6. The molecule has 8 heteroatoms. The van der Waals surface area contributed by atoms with Crippen molar-refractivity contribution in [1.82, 2.24) is 0 Å². The molecule has 1 aliphatic rings. The maximum absolute atomic E-state index is 12.0. The number of methoxy groups -OCH3 is 1. The van der Waals surface area contributed by atoms with E-state index in [2.05, 4.69) is 5.32 Å². The number of anilines is 2. The SMILES string of the molecule is COc1ccc(NC(=O)COC(=O)CN2C(=O)C(=O)c3ccccc32)cc1. The summed E-state index contributed by atoms with van der Waals surface area (Å²) >= 11 is 0. The fraction of sp³-hybridized carbons (Fsp3) is 0.158. The van der Waals surface area contributed by atoms with Crippen LogP contribution in [0.4, 0.5) is 11.4 Å². The van der Waals surface area contributed by atoms with Crippen molar-refractivity contribution in [1.29, 1.82) is 0 Å². The van der Waals surface area contributed by atoms with Crippen molar-refractivity contribution in [2.24, 2.45) is 0 Å². The maximum Gasteiger partial charge on any atom is 0.326 e. The van der Waals surface area contributed by atoms with Crippen LogP contribution in [-0.2, 0) is 19.1 Å². The Labute approximate surface area is 154 Å². The van der Waals surface area contributed by atoms with Crippen LogP contribution in [0.1, 0.15) is 10.4 Å². The Morgan fingerprint density at radius 3 is 2.44 bits per heavy atom. The van der Waals surface area contributed by atoms with E-state index in [9.17, 15) is 19.2 Å². The number of nitrogens with zero attached hydrogens (tertiary/aromatic N) is 1. The van der Waals surface area contributed by atoms with Gasteiger partial charge in [0.2, 0.25) is 0 Å². The zero-order valence-electron chi connectivity index (χ0n) is 14.4. The first-order valence-electron chi connectivity index (χ1n) is 8.04. The number of rotatable bonds is 6. The van der Waals surface area contributed by atoms with Gasteiger partial charge in [-0.3, -0.25) is 24.1 Å². The maximum atomic E-state index is 12.0. The van der Waals surface area contributed by atoms with Crippen LogP contribution in [0.25, 0.3) is 0 Å². The largest absolute Gasteiger partial charge is 0.497 e. The van der Waals surface area contributed by atoms with Gasteiger partial charge in [-0.25, -0.2) is 0 Å². The molecule has 27 heavy (non-hydrogen) atoms. The van der Waals surface area contributed by atoms with Crippen molar-refractivity contribution in [2.45, 2.75) is 0 Å². The zero-order valence-corrected chi connectivity index (χ0v) is 14.4. The van der Waals surface area contributed by atoms with Gasteiger partial charge in [-0.2, -0.15) is 0 Å². The Morgan fingerprint density at radius 2 is 1.74 bits per heavy atom. The number of nitrogens with one attached hydrogen (secondary N) is 1. The molecule has 3 rings (SSSR count). The Bertz CT molecular complexity index is 907. The van der Waals surface area contributed by atoms with Gasteiger partial charge in [0.1, 0.15) is 12.3 Å². The number of carbonyl (C=O) groups excluding carboxylic acids is 4. The molecule has 0 atom stereocenters. The van der Waals surface area contributed by atoms with Crippen LogP contribution < -0.4 is 15.0 Å². The fourth-order valence-electron chi connectivity index (χ4n) is 2.60. The summed E-state index contributed by atoms with van der Waals surface area (Å²) in [6.45, 7) is -0.958. The van der Waals surface area contributed by atoms with Crippen molar-refractivity contribution in [3.8, 4) is 5.75 Å². The van der Waals surface area contributed by atoms with Gasteiger partial charge in [-0.1, -0.05) is 12.1 Å². The standard InChI is InChI=1S/C19H16N2O6/c1-26-13-8-6-12(7-9-13)20-16(22)11-27-17(23)10-21-15-5-3-2-4-14(15)18(24)19(21)25/h2-9H,10-11H2,1H3,(H,20,22). The number of benzene rings is 2. The lowest BCUT2D eigenvalue weighted by Gasteiger charge is -2.15. The van der Waals surface area contributed by atoms with Gasteiger partial charge in [-0.15, -0.1) is 0 Å². The summed E-state index contributed by atoms with van der Waals surface area (Å²) < 4.78 is 9.92. The van der Waals surface area contributed by atoms with Crippen LogP contribution in [0.5, 0.6) is 5.75 Å². The second-order valence-electron chi connectivity index (χ2n) is 5.67. The average molecular weight is 368 g/mol. The molecule has 0 saturated heterocycles. The fourth-order valence-corrected chi connectivity index (χ4v) is 2.60. The summed E-state index contributed by atoms with van der Waals surface area (Å²) in [6.07, 6.45) is 0. The summed E-state index contributed by atoms with van der Waals surface area (Å²) in [5, 5.41) is 2.57. The van der Waals surface area contributed by atoms with Gasteiger partial charge in [0.05, 0.1) is 18.4 Å². The van der Waals surface area contributed by atoms with Crippen molar-refractivity contribution >= 4 is 34.9 Å². The van der Waals surface area contributed by atoms with Crippen molar-refractivity contribution in [2.75, 3.05) is 30.5 Å². The highest BCUT2D eigenvalue weighted by molar-refractivity contribution is 6.52. The quantitative estimate of drug-likeness (QED) is 0.611. The number of Topliss-reactive ketones (excluding diaryl/α,β-unsaturated/α-hetero) is 1. The molecule has 0 fully saturated rings. The Balaban J connectivity index is 1.53. The molecule has 0 bridgehead atoms. The predicted octanol–water partition coefficient (Wildman–Crippen LogP) is 1.41. The van der Waals surface area contributed by atoms with Crippen LogP contribution in [0.2, 0.25) is 0 Å². The molecule has 1 aliphatic heterocycles. The summed E-state index contributed by atoms with van der Waals surface area (Å²) in [7, 11) is 1.53. The van der Waals surface area contributed by atoms with Crippen LogP contribution in [0, 0.1) is 0 Å². The van der Waals surface area contributed by atoms with E-state index >= 15 is 0 Å². The first kappa shape index (κ1) is 18.1. The van der Waals surface area contributed by atoms with E-state index in [0.29, 0.717) is 17.1 Å². The highest BCUT2D eigenvalue weighted by Gasteiger charge is 2.36. The second kappa shape index (κ2) is 7.69. The molecule has 0 radical (unpaired) electrons. The van der Waals surface area contributed by atoms with E-state index in [1.165, 1.54) is 13.2 Å². The van der Waals surface area contributed by atoms with Gasteiger partial charge in [0.25, 0.3) is 17.6 Å². The Hall–Kier alpha value is -3.68. The molecule has 0 saturated carbocycles. The highest BCUT2D eigenvalue weighted by Crippen LogP contribution is 2.28. The third-order valence-electron chi connectivity index (χ3n) is 3.90. The van der Waals surface area contributed by atoms with Gasteiger partial charge in [0, 0.05) is 5.69 Å². The molecule has 2 aromatic carbocycles. The van der Waals surface area contributed by atoms with E-state index in [1.807, 2.05) is 0 Å². The molecule has 8 nitrogen and oxygen atoms in total. The average Bonchev–Trinajstić information content (AvgIpc) is 2.92. The predicted molar refractivity (Wildman–Crippen MR) is 95.7 cm³/mol. The summed E-state index contributed by atoms with van der Waals surface area (Å²) in [5.41, 5.74) is 1.12. The first-order valence-corrected chi connectivity index (χ1v) is 8.04. The Morgan fingerprint density at radius 1 is 1.04 bits per heavy atom. The number of ketones is 1. The third kappa shape index (κ3) is 3.95. The lowest BCUT2D eigenvalue weighted by atomic mass is 10.1. The molecule has 1 N–H and O–H groups in total. The van der Waals surface area contributed by atoms with Crippen molar-refractivity contribution < 1.29 is 28.7 Å². The summed E-state index contributed by atoms with van der Waals surface area (Å²) in [4.78, 5) is 48.8. The van der Waals surface area contributed by atoms with Crippen LogP contribution in [0.3, 0.4) is 0 Å². The third-order valence-corrected chi connectivity index (χ3v) is 3.90. The van der Waals surface area contributed by atoms with E-state index in [4.69, 9.17) is 9.47 Å². The number of hydrogen-bond acceptors (Lipinski definition) is 6. The highest BCUT2D eigenvalue weighted by atomic mass is 16.5. The molecule has 2 amide bonds. The van der Waals surface area contributed by atoms with Crippen molar-refractivity contribution in [3.63, 3.8) is 0 Å². The number of hydrogen-bond donors (Lipinski definition) is 1. The number of ether oxygens (including phenoxy) is 2. The normalized spacial score (nSPS) is 12.6.